The first-order valence-electron chi connectivity index (χ1n) is 6.15. The first-order valence-corrected chi connectivity index (χ1v) is 6.15. The molecule has 8 heteroatoms. The van der Waals surface area contributed by atoms with Gasteiger partial charge < -0.3 is 10.5 Å². The average Bonchev–Trinajstić information content (AvgIpc) is 2.79. The molecule has 0 aliphatic rings. The minimum atomic E-state index is -4.50. The minimum absolute atomic E-state index is 0.157. The smallest absolute Gasteiger partial charge is 0.435 e. The monoisotopic (exact) mass is 300 g/mol. The third-order valence-corrected chi connectivity index (χ3v) is 2.39. The van der Waals surface area contributed by atoms with Gasteiger partial charge in [0.15, 0.2) is 11.5 Å². The molecular weight excluding hydrogens is 285 g/mol. The van der Waals surface area contributed by atoms with Crippen molar-refractivity contribution < 1.29 is 17.9 Å². The van der Waals surface area contributed by atoms with E-state index in [0.717, 1.165) is 10.7 Å². The van der Waals surface area contributed by atoms with Crippen LogP contribution in [-0.4, -0.2) is 20.4 Å². The summed E-state index contributed by atoms with van der Waals surface area (Å²) in [7, 11) is 0. The van der Waals surface area contributed by atoms with E-state index >= 15 is 0 Å². The van der Waals surface area contributed by atoms with Gasteiger partial charge in [-0.25, -0.2) is 4.68 Å². The Hall–Kier alpha value is -2.25. The van der Waals surface area contributed by atoms with Crippen molar-refractivity contribution in [2.45, 2.75) is 32.5 Å². The van der Waals surface area contributed by atoms with Crippen LogP contribution in [0.15, 0.2) is 24.4 Å². The second-order valence-corrected chi connectivity index (χ2v) is 5.42. The Morgan fingerprint density at radius 2 is 1.81 bits per heavy atom. The summed E-state index contributed by atoms with van der Waals surface area (Å²) in [4.78, 5) is 4.11. The molecular formula is C13H15F3N4O. The lowest BCUT2D eigenvalue weighted by molar-refractivity contribution is -0.141. The molecule has 0 spiro atoms. The Labute approximate surface area is 119 Å². The van der Waals surface area contributed by atoms with Crippen LogP contribution in [0, 0.1) is 0 Å². The largest absolute Gasteiger partial charge is 0.470 e. The lowest BCUT2D eigenvalue weighted by Crippen LogP contribution is -2.24. The predicted octanol–water partition coefficient (Wildman–Crippen LogP) is 3.05. The number of halogens is 3. The van der Waals surface area contributed by atoms with Crippen molar-refractivity contribution in [2.75, 3.05) is 5.73 Å². The van der Waals surface area contributed by atoms with Crippen LogP contribution in [0.5, 0.6) is 5.88 Å². The van der Waals surface area contributed by atoms with Crippen LogP contribution in [0.3, 0.4) is 0 Å². The average molecular weight is 300 g/mol. The normalized spacial score (nSPS) is 12.5. The summed E-state index contributed by atoms with van der Waals surface area (Å²) in [6, 6.07) is 3.86. The summed E-state index contributed by atoms with van der Waals surface area (Å²) < 4.78 is 44.2. The molecule has 2 rings (SSSR count). The highest BCUT2D eigenvalue weighted by Crippen LogP contribution is 2.28. The SMILES string of the molecule is CC(C)(C)Oc1nc(-n2ccc(C(F)(F)F)n2)ccc1N. The number of hydrogen-bond donors (Lipinski definition) is 1. The Balaban J connectivity index is 2.37. The Kier molecular flexibility index (Phi) is 3.56. The van der Waals surface area contributed by atoms with Crippen LogP contribution in [0.25, 0.3) is 5.82 Å². The number of aromatic nitrogens is 3. The Bertz CT molecular complexity index is 644. The molecule has 0 aromatic carbocycles. The summed E-state index contributed by atoms with van der Waals surface area (Å²) in [5, 5.41) is 3.45. The highest BCUT2D eigenvalue weighted by Gasteiger charge is 2.33. The number of nitrogen functional groups attached to an aromatic ring is 1. The van der Waals surface area contributed by atoms with Crippen molar-refractivity contribution in [1.82, 2.24) is 14.8 Å². The van der Waals surface area contributed by atoms with Crippen LogP contribution in [0.2, 0.25) is 0 Å². The third kappa shape index (κ3) is 3.65. The molecule has 2 aromatic rings. The van der Waals surface area contributed by atoms with E-state index in [2.05, 4.69) is 10.1 Å². The molecule has 0 aliphatic heterocycles. The van der Waals surface area contributed by atoms with Gasteiger partial charge in [-0.05, 0) is 39.0 Å². The molecule has 5 nitrogen and oxygen atoms in total. The number of ether oxygens (including phenoxy) is 1. The van der Waals surface area contributed by atoms with Gasteiger partial charge in [-0.15, -0.1) is 0 Å². The zero-order valence-corrected chi connectivity index (χ0v) is 11.8. The maximum absolute atomic E-state index is 12.5. The van der Waals surface area contributed by atoms with E-state index in [0.29, 0.717) is 5.69 Å². The van der Waals surface area contributed by atoms with Crippen LogP contribution in [-0.2, 0) is 6.18 Å². The van der Waals surface area contributed by atoms with Gasteiger partial charge in [0, 0.05) is 6.20 Å². The number of pyridine rings is 1. The summed E-state index contributed by atoms with van der Waals surface area (Å²) >= 11 is 0. The van der Waals surface area contributed by atoms with Crippen LogP contribution >= 0.6 is 0 Å². The van der Waals surface area contributed by atoms with Crippen molar-refractivity contribution in [3.05, 3.63) is 30.1 Å². The van der Waals surface area contributed by atoms with Gasteiger partial charge in [0.2, 0.25) is 5.88 Å². The first-order chi connectivity index (χ1) is 9.56. The van der Waals surface area contributed by atoms with Crippen molar-refractivity contribution in [3.63, 3.8) is 0 Å². The topological polar surface area (TPSA) is 66.0 Å². The second kappa shape index (κ2) is 4.94. The summed E-state index contributed by atoms with van der Waals surface area (Å²) in [6.07, 6.45) is -3.31. The maximum atomic E-state index is 12.5. The zero-order valence-electron chi connectivity index (χ0n) is 11.8. The maximum Gasteiger partial charge on any atom is 0.435 e. The minimum Gasteiger partial charge on any atom is -0.470 e. The lowest BCUT2D eigenvalue weighted by atomic mass is 10.2. The fourth-order valence-electron chi connectivity index (χ4n) is 1.54. The molecule has 2 aromatic heterocycles. The predicted molar refractivity (Wildman–Crippen MR) is 71.2 cm³/mol. The van der Waals surface area contributed by atoms with Crippen molar-refractivity contribution in [1.29, 1.82) is 0 Å². The molecule has 114 valence electrons. The number of nitrogens with two attached hydrogens (primary N) is 1. The molecule has 2 heterocycles. The van der Waals surface area contributed by atoms with Gasteiger partial charge >= 0.3 is 6.18 Å². The highest BCUT2D eigenvalue weighted by atomic mass is 19.4. The Morgan fingerprint density at radius 3 is 2.33 bits per heavy atom. The van der Waals surface area contributed by atoms with Gasteiger partial charge in [0.05, 0.1) is 5.69 Å². The number of hydrogen-bond acceptors (Lipinski definition) is 4. The molecule has 0 saturated heterocycles. The zero-order chi connectivity index (χ0) is 15.8. The van der Waals surface area contributed by atoms with Crippen LogP contribution < -0.4 is 10.5 Å². The first kappa shape index (κ1) is 15.1. The number of alkyl halides is 3. The van der Waals surface area contributed by atoms with Gasteiger partial charge in [0.1, 0.15) is 5.60 Å². The standard InChI is InChI=1S/C13H15F3N4O/c1-12(2,3)21-11-8(17)4-5-10(18-11)20-7-6-9(19-20)13(14,15)16/h4-7H,17H2,1-3H3. The van der Waals surface area contributed by atoms with Gasteiger partial charge in [-0.1, -0.05) is 0 Å². The molecule has 0 saturated carbocycles. The van der Waals surface area contributed by atoms with Gasteiger partial charge in [0.25, 0.3) is 0 Å². The second-order valence-electron chi connectivity index (χ2n) is 5.42. The quantitative estimate of drug-likeness (QED) is 0.925. The highest BCUT2D eigenvalue weighted by molar-refractivity contribution is 5.50. The summed E-state index contributed by atoms with van der Waals surface area (Å²) in [6.45, 7) is 5.45. The van der Waals surface area contributed by atoms with E-state index in [1.807, 2.05) is 20.8 Å². The van der Waals surface area contributed by atoms with Crippen LogP contribution in [0.4, 0.5) is 18.9 Å². The van der Waals surface area contributed by atoms with Gasteiger partial charge in [-0.2, -0.15) is 23.3 Å². The molecule has 0 fully saturated rings. The number of anilines is 1. The molecule has 0 aliphatic carbocycles. The van der Waals surface area contributed by atoms with Gasteiger partial charge in [-0.3, -0.25) is 0 Å². The van der Waals surface area contributed by atoms with E-state index in [1.165, 1.54) is 18.3 Å². The molecule has 0 bridgehead atoms. The summed E-state index contributed by atoms with van der Waals surface area (Å²) in [5.41, 5.74) is 4.54. The van der Waals surface area contributed by atoms with E-state index in [4.69, 9.17) is 10.5 Å². The van der Waals surface area contributed by atoms with Crippen molar-refractivity contribution >= 4 is 5.69 Å². The van der Waals surface area contributed by atoms with Crippen LogP contribution in [0.1, 0.15) is 26.5 Å². The fourth-order valence-corrected chi connectivity index (χ4v) is 1.54. The molecule has 0 unspecified atom stereocenters. The molecule has 0 radical (unpaired) electrons. The van der Waals surface area contributed by atoms with E-state index in [1.54, 1.807) is 0 Å². The van der Waals surface area contributed by atoms with E-state index in [9.17, 15) is 13.2 Å². The molecule has 0 atom stereocenters. The number of nitrogens with zero attached hydrogens (tertiary/aromatic N) is 3. The van der Waals surface area contributed by atoms with Crippen molar-refractivity contribution in [2.24, 2.45) is 0 Å². The van der Waals surface area contributed by atoms with E-state index < -0.39 is 17.5 Å². The molecule has 21 heavy (non-hydrogen) atoms. The molecule has 2 N–H and O–H groups in total. The fraction of sp³-hybridized carbons (Fsp3) is 0.385. The Morgan fingerprint density at radius 1 is 1.14 bits per heavy atom. The van der Waals surface area contributed by atoms with Crippen molar-refractivity contribution in [3.8, 4) is 11.7 Å². The lowest BCUT2D eigenvalue weighted by Gasteiger charge is -2.21. The van der Waals surface area contributed by atoms with E-state index in [-0.39, 0.29) is 11.7 Å². The summed E-state index contributed by atoms with van der Waals surface area (Å²) in [5.74, 6) is 0.350. The molecule has 0 amide bonds. The third-order valence-electron chi connectivity index (χ3n) is 2.39. The number of rotatable bonds is 2.